The maximum atomic E-state index is 13.0. The third-order valence-corrected chi connectivity index (χ3v) is 6.50. The molecule has 1 amide bonds. The summed E-state index contributed by atoms with van der Waals surface area (Å²) in [6.07, 6.45) is 1.88. The lowest BCUT2D eigenvalue weighted by atomic mass is 9.85. The number of nitriles is 1. The van der Waals surface area contributed by atoms with Crippen LogP contribution in [0.4, 0.5) is 0 Å². The molecule has 2 aliphatic heterocycles. The van der Waals surface area contributed by atoms with Crippen molar-refractivity contribution in [3.05, 3.63) is 58.5 Å². The lowest BCUT2D eigenvalue weighted by Gasteiger charge is -2.39. The van der Waals surface area contributed by atoms with Crippen LogP contribution in [0.5, 0.6) is 11.5 Å². The van der Waals surface area contributed by atoms with Crippen LogP contribution in [0.25, 0.3) is 0 Å². The Morgan fingerprint density at radius 3 is 2.86 bits per heavy atom. The van der Waals surface area contributed by atoms with Crippen molar-refractivity contribution in [2.45, 2.75) is 18.9 Å². The fraction of sp³-hybridized carbons (Fsp3) is 0.333. The second-order valence-corrected chi connectivity index (χ2v) is 7.91. The summed E-state index contributed by atoms with van der Waals surface area (Å²) in [5, 5.41) is 10.7. The number of carbonyl (C=O) groups excluding carboxylic acids is 1. The number of hydrogen-bond acceptors (Lipinski definition) is 6. The van der Waals surface area contributed by atoms with Crippen LogP contribution in [-0.4, -0.2) is 37.6 Å². The van der Waals surface area contributed by atoms with Crippen molar-refractivity contribution >= 4 is 17.7 Å². The molecule has 1 unspecified atom stereocenters. The van der Waals surface area contributed by atoms with E-state index < -0.39 is 0 Å². The van der Waals surface area contributed by atoms with Crippen molar-refractivity contribution in [2.24, 2.45) is 0 Å². The largest absolute Gasteiger partial charge is 0.493 e. The predicted molar refractivity (Wildman–Crippen MR) is 107 cm³/mol. The monoisotopic (exact) mass is 412 g/mol. The number of benzene rings is 1. The molecule has 1 aromatic heterocycles. The molecule has 8 heteroatoms. The van der Waals surface area contributed by atoms with Crippen LogP contribution < -0.4 is 14.4 Å². The van der Waals surface area contributed by atoms with Crippen molar-refractivity contribution in [3.8, 4) is 17.6 Å². The van der Waals surface area contributed by atoms with Gasteiger partial charge in [0.2, 0.25) is 5.91 Å². The molecule has 0 radical (unpaired) electrons. The van der Waals surface area contributed by atoms with Crippen molar-refractivity contribution in [2.75, 3.05) is 26.8 Å². The van der Waals surface area contributed by atoms with Crippen molar-refractivity contribution in [1.82, 2.24) is 4.90 Å². The number of thioether (sulfide) groups is 1. The van der Waals surface area contributed by atoms with Gasteiger partial charge < -0.3 is 18.8 Å². The molecule has 1 saturated heterocycles. The molecule has 4 rings (SSSR count). The highest BCUT2D eigenvalue weighted by atomic mass is 32.2. The van der Waals surface area contributed by atoms with E-state index in [0.717, 1.165) is 22.2 Å². The van der Waals surface area contributed by atoms with Crippen LogP contribution in [-0.2, 0) is 11.3 Å². The zero-order valence-electron chi connectivity index (χ0n) is 16.3. The Bertz CT molecular complexity index is 980. The second kappa shape index (κ2) is 8.23. The molecule has 2 aliphatic rings. The van der Waals surface area contributed by atoms with Gasteiger partial charge in [0, 0.05) is 17.9 Å². The van der Waals surface area contributed by atoms with Crippen LogP contribution in [0.2, 0.25) is 0 Å². The second-order valence-electron chi connectivity index (χ2n) is 6.94. The van der Waals surface area contributed by atoms with Gasteiger partial charge in [-0.15, -0.1) is 0 Å². The lowest BCUT2D eigenvalue weighted by molar-refractivity contribution is -0.911. The van der Waals surface area contributed by atoms with E-state index in [-0.39, 0.29) is 18.2 Å². The first kappa shape index (κ1) is 19.4. The maximum absolute atomic E-state index is 13.0. The third-order valence-electron chi connectivity index (χ3n) is 5.23. The number of hydrogen-bond donors (Lipinski definition) is 1. The number of methoxy groups -OCH3 is 2. The van der Waals surface area contributed by atoms with Gasteiger partial charge in [-0.2, -0.15) is 5.26 Å². The number of fused-ring (bicyclic) bond motifs is 1. The first-order valence-corrected chi connectivity index (χ1v) is 10.3. The topological polar surface area (TPSA) is 80.1 Å². The Hall–Kier alpha value is -2.89. The molecule has 0 saturated carbocycles. The number of allylic oxidation sites excluding steroid dienone is 1. The van der Waals surface area contributed by atoms with Crippen LogP contribution in [0.3, 0.4) is 0 Å². The summed E-state index contributed by atoms with van der Waals surface area (Å²) in [7, 11) is 3.15. The molecule has 0 aliphatic carbocycles. The Balaban J connectivity index is 1.66. The fourth-order valence-electron chi connectivity index (χ4n) is 3.89. The molecule has 150 valence electrons. The summed E-state index contributed by atoms with van der Waals surface area (Å²) in [6.45, 7) is 1.22. The number of quaternary nitrogens is 1. The van der Waals surface area contributed by atoms with Gasteiger partial charge in [-0.1, -0.05) is 12.1 Å². The summed E-state index contributed by atoms with van der Waals surface area (Å²) in [4.78, 5) is 16.0. The molecule has 1 aromatic carbocycles. The molecule has 0 bridgehead atoms. The standard InChI is InChI=1S/C21H21N3O4S/c1-26-18-7-3-6-15(20(18)27-2)16-9-19(25)24-12-23(11-14-5-4-8-28-14)13-29-21(24)17(16)10-22/h3-8,16H,9,11-13H2,1-2H3/p+1/t16-/m0/s1. The number of carbonyl (C=O) groups is 1. The Morgan fingerprint density at radius 1 is 1.31 bits per heavy atom. The van der Waals surface area contributed by atoms with Crippen molar-refractivity contribution in [3.63, 3.8) is 0 Å². The Morgan fingerprint density at radius 2 is 2.17 bits per heavy atom. The zero-order valence-corrected chi connectivity index (χ0v) is 17.1. The maximum Gasteiger partial charge on any atom is 0.232 e. The Labute approximate surface area is 173 Å². The van der Waals surface area contributed by atoms with E-state index in [9.17, 15) is 10.1 Å². The lowest BCUT2D eigenvalue weighted by Crippen LogP contribution is -3.12. The van der Waals surface area contributed by atoms with Gasteiger partial charge in [-0.05, 0) is 30.0 Å². The minimum absolute atomic E-state index is 0.0121. The van der Waals surface area contributed by atoms with E-state index in [1.807, 2.05) is 30.3 Å². The third kappa shape index (κ3) is 3.59. The van der Waals surface area contributed by atoms with Crippen LogP contribution in [0.1, 0.15) is 23.7 Å². The van der Waals surface area contributed by atoms with Crippen molar-refractivity contribution < 1.29 is 23.6 Å². The zero-order chi connectivity index (χ0) is 20.4. The van der Waals surface area contributed by atoms with Crippen molar-refractivity contribution in [1.29, 1.82) is 5.26 Å². The van der Waals surface area contributed by atoms with Gasteiger partial charge in [0.25, 0.3) is 0 Å². The SMILES string of the molecule is COc1cccc([C@@H]2CC(=O)N3C[NH+](Cc4ccco4)CSC3=C2C#N)c1OC. The molecule has 1 fully saturated rings. The van der Waals surface area contributed by atoms with Gasteiger partial charge in [-0.3, -0.25) is 9.69 Å². The number of para-hydroxylation sites is 1. The minimum Gasteiger partial charge on any atom is -0.493 e. The van der Waals surface area contributed by atoms with Gasteiger partial charge in [0.05, 0.1) is 32.1 Å². The van der Waals surface area contributed by atoms with Crippen LogP contribution >= 0.6 is 11.8 Å². The van der Waals surface area contributed by atoms with Gasteiger partial charge in [0.1, 0.15) is 17.5 Å². The fourth-order valence-corrected chi connectivity index (χ4v) is 5.09. The number of rotatable bonds is 5. The van der Waals surface area contributed by atoms with E-state index in [0.29, 0.717) is 30.3 Å². The van der Waals surface area contributed by atoms with E-state index >= 15 is 0 Å². The number of furan rings is 1. The quantitative estimate of drug-likeness (QED) is 0.810. The van der Waals surface area contributed by atoms with Gasteiger partial charge in [-0.25, -0.2) is 0 Å². The number of amides is 1. The van der Waals surface area contributed by atoms with Gasteiger partial charge >= 0.3 is 0 Å². The first-order valence-electron chi connectivity index (χ1n) is 9.30. The number of ether oxygens (including phenoxy) is 2. The first-order chi connectivity index (χ1) is 14.2. The summed E-state index contributed by atoms with van der Waals surface area (Å²) >= 11 is 1.55. The van der Waals surface area contributed by atoms with E-state index in [4.69, 9.17) is 13.9 Å². The van der Waals surface area contributed by atoms with E-state index in [1.54, 1.807) is 37.1 Å². The molecule has 0 spiro atoms. The molecule has 1 N–H and O–H groups in total. The van der Waals surface area contributed by atoms with Crippen LogP contribution in [0, 0.1) is 11.3 Å². The number of nitrogens with zero attached hydrogens (tertiary/aromatic N) is 2. The molecule has 2 aromatic rings. The smallest absolute Gasteiger partial charge is 0.232 e. The molecule has 3 heterocycles. The Kier molecular flexibility index (Phi) is 5.51. The average molecular weight is 412 g/mol. The highest BCUT2D eigenvalue weighted by molar-refractivity contribution is 8.02. The van der Waals surface area contributed by atoms with Crippen LogP contribution in [0.15, 0.2) is 51.6 Å². The number of nitrogens with one attached hydrogen (secondary N) is 1. The van der Waals surface area contributed by atoms with E-state index in [2.05, 4.69) is 6.07 Å². The molecular formula is C21H22N3O4S+. The average Bonchev–Trinajstić information content (AvgIpc) is 3.26. The summed E-state index contributed by atoms with van der Waals surface area (Å²) in [5.41, 5.74) is 1.41. The molecular weight excluding hydrogens is 390 g/mol. The summed E-state index contributed by atoms with van der Waals surface area (Å²) in [5.74, 6) is 2.47. The summed E-state index contributed by atoms with van der Waals surface area (Å²) < 4.78 is 16.4. The highest BCUT2D eigenvalue weighted by Gasteiger charge is 2.41. The predicted octanol–water partition coefficient (Wildman–Crippen LogP) is 2.09. The molecule has 2 atom stereocenters. The van der Waals surface area contributed by atoms with Gasteiger partial charge in [0.15, 0.2) is 23.9 Å². The molecule has 29 heavy (non-hydrogen) atoms. The highest BCUT2D eigenvalue weighted by Crippen LogP contribution is 2.45. The van der Waals surface area contributed by atoms with E-state index in [1.165, 1.54) is 4.90 Å². The summed E-state index contributed by atoms with van der Waals surface area (Å²) in [6, 6.07) is 11.7. The minimum atomic E-state index is -0.345. The molecule has 7 nitrogen and oxygen atoms in total. The normalized spacial score (nSPS) is 21.6.